The lowest BCUT2D eigenvalue weighted by molar-refractivity contribution is 0.334. The van der Waals surface area contributed by atoms with Crippen molar-refractivity contribution in [3.05, 3.63) is 45.9 Å². The van der Waals surface area contributed by atoms with Crippen LogP contribution >= 0.6 is 27.5 Å². The van der Waals surface area contributed by atoms with E-state index in [1.807, 2.05) is 30.7 Å². The summed E-state index contributed by atoms with van der Waals surface area (Å²) in [5.74, 6) is 0. The number of nitrogens with one attached hydrogen (secondary N) is 1. The highest BCUT2D eigenvalue weighted by Crippen LogP contribution is 2.29. The maximum atomic E-state index is 6.07. The van der Waals surface area contributed by atoms with E-state index < -0.39 is 0 Å². The van der Waals surface area contributed by atoms with E-state index in [1.165, 1.54) is 18.5 Å². The molecule has 3 rings (SSSR count). The fourth-order valence-corrected chi connectivity index (χ4v) is 3.27. The van der Waals surface area contributed by atoms with Crippen LogP contribution in [-0.2, 0) is 0 Å². The van der Waals surface area contributed by atoms with Gasteiger partial charge in [0, 0.05) is 22.2 Å². The third kappa shape index (κ3) is 2.78. The smallest absolute Gasteiger partial charge is 0.0994 e. The summed E-state index contributed by atoms with van der Waals surface area (Å²) in [6.45, 7) is 2.24. The van der Waals surface area contributed by atoms with E-state index in [0.29, 0.717) is 12.1 Å². The first-order valence-corrected chi connectivity index (χ1v) is 8.06. The van der Waals surface area contributed by atoms with Gasteiger partial charge in [-0.3, -0.25) is 0 Å². The van der Waals surface area contributed by atoms with Gasteiger partial charge in [-0.25, -0.2) is 4.98 Å². The van der Waals surface area contributed by atoms with Crippen molar-refractivity contribution < 1.29 is 0 Å². The summed E-state index contributed by atoms with van der Waals surface area (Å²) < 4.78 is 3.04. The molecule has 2 atom stereocenters. The molecular weight excluding hydrogens is 338 g/mol. The van der Waals surface area contributed by atoms with Gasteiger partial charge in [0.1, 0.15) is 0 Å². The lowest BCUT2D eigenvalue weighted by atomic mass is 9.97. The Morgan fingerprint density at radius 2 is 2.25 bits per heavy atom. The number of aromatic nitrogens is 2. The first-order valence-electron chi connectivity index (χ1n) is 6.89. The van der Waals surface area contributed by atoms with E-state index >= 15 is 0 Å². The molecule has 1 fully saturated rings. The van der Waals surface area contributed by atoms with Crippen molar-refractivity contribution >= 4 is 27.5 Å². The second-order valence-electron chi connectivity index (χ2n) is 5.34. The van der Waals surface area contributed by atoms with Gasteiger partial charge in [-0.2, -0.15) is 0 Å². The van der Waals surface area contributed by atoms with Gasteiger partial charge >= 0.3 is 0 Å². The zero-order chi connectivity index (χ0) is 14.1. The van der Waals surface area contributed by atoms with Crippen molar-refractivity contribution in [3.63, 3.8) is 0 Å². The van der Waals surface area contributed by atoms with Crippen LogP contribution in [0.2, 0.25) is 5.02 Å². The topological polar surface area (TPSA) is 29.9 Å². The minimum atomic E-state index is 0.371. The average Bonchev–Trinajstić information content (AvgIpc) is 2.91. The minimum absolute atomic E-state index is 0.371. The fourth-order valence-electron chi connectivity index (χ4n) is 2.79. The van der Waals surface area contributed by atoms with Gasteiger partial charge in [0.2, 0.25) is 0 Å². The van der Waals surface area contributed by atoms with E-state index in [2.05, 4.69) is 37.7 Å². The van der Waals surface area contributed by atoms with E-state index in [0.717, 1.165) is 21.6 Å². The largest absolute Gasteiger partial charge is 0.306 e. The van der Waals surface area contributed by atoms with Crippen molar-refractivity contribution in [3.8, 4) is 5.69 Å². The van der Waals surface area contributed by atoms with Gasteiger partial charge in [-0.15, -0.1) is 0 Å². The highest BCUT2D eigenvalue weighted by Gasteiger charge is 2.22. The van der Waals surface area contributed by atoms with E-state index in [1.54, 1.807) is 0 Å². The summed E-state index contributed by atoms with van der Waals surface area (Å²) in [4.78, 5) is 4.33. The van der Waals surface area contributed by atoms with E-state index in [4.69, 9.17) is 11.6 Å². The fraction of sp³-hybridized carbons (Fsp3) is 0.400. The van der Waals surface area contributed by atoms with Crippen LogP contribution in [0.5, 0.6) is 0 Å². The quantitative estimate of drug-likeness (QED) is 0.861. The number of rotatable bonds is 2. The Morgan fingerprint density at radius 3 is 3.00 bits per heavy atom. The van der Waals surface area contributed by atoms with Gasteiger partial charge in [-0.05, 0) is 60.3 Å². The second kappa shape index (κ2) is 5.88. The summed E-state index contributed by atoms with van der Waals surface area (Å²) in [6, 6.07) is 6.89. The van der Waals surface area contributed by atoms with Crippen LogP contribution in [-0.4, -0.2) is 15.6 Å². The number of hydrogen-bond donors (Lipinski definition) is 1. The number of halogens is 2. The molecule has 2 aromatic rings. The molecule has 0 saturated carbocycles. The summed E-state index contributed by atoms with van der Waals surface area (Å²) in [5.41, 5.74) is 2.29. The van der Waals surface area contributed by atoms with Crippen molar-refractivity contribution in [2.75, 3.05) is 0 Å². The van der Waals surface area contributed by atoms with Crippen LogP contribution in [0.15, 0.2) is 35.2 Å². The molecule has 5 heteroatoms. The van der Waals surface area contributed by atoms with E-state index in [-0.39, 0.29) is 0 Å². The monoisotopic (exact) mass is 353 g/mol. The Morgan fingerprint density at radius 1 is 1.40 bits per heavy atom. The summed E-state index contributed by atoms with van der Waals surface area (Å²) >= 11 is 9.55. The van der Waals surface area contributed by atoms with Crippen molar-refractivity contribution in [1.29, 1.82) is 0 Å². The Balaban J connectivity index is 1.95. The van der Waals surface area contributed by atoms with Crippen molar-refractivity contribution in [2.24, 2.45) is 0 Å². The minimum Gasteiger partial charge on any atom is -0.306 e. The van der Waals surface area contributed by atoms with Gasteiger partial charge in [0.05, 0.1) is 23.2 Å². The van der Waals surface area contributed by atoms with Crippen LogP contribution in [0.4, 0.5) is 0 Å². The van der Waals surface area contributed by atoms with Crippen molar-refractivity contribution in [2.45, 2.75) is 38.3 Å². The summed E-state index contributed by atoms with van der Waals surface area (Å²) in [6.07, 6.45) is 7.49. The molecule has 0 amide bonds. The zero-order valence-electron chi connectivity index (χ0n) is 11.3. The Labute approximate surface area is 132 Å². The zero-order valence-corrected chi connectivity index (χ0v) is 13.7. The highest BCUT2D eigenvalue weighted by molar-refractivity contribution is 9.10. The van der Waals surface area contributed by atoms with Gasteiger partial charge in [0.25, 0.3) is 0 Å². The van der Waals surface area contributed by atoms with Crippen LogP contribution in [0.3, 0.4) is 0 Å². The number of piperidine rings is 1. The molecule has 2 heterocycles. The number of imidazole rings is 1. The highest BCUT2D eigenvalue weighted by atomic mass is 79.9. The number of hydrogen-bond acceptors (Lipinski definition) is 2. The lowest BCUT2D eigenvalue weighted by Crippen LogP contribution is -2.35. The van der Waals surface area contributed by atoms with Crippen LogP contribution in [0.25, 0.3) is 5.69 Å². The first-order chi connectivity index (χ1) is 9.65. The molecule has 1 aliphatic rings. The molecular formula is C15H17BrClN3. The number of benzene rings is 1. The lowest BCUT2D eigenvalue weighted by Gasteiger charge is -2.29. The molecule has 1 saturated heterocycles. The molecule has 1 aromatic heterocycles. The molecule has 20 heavy (non-hydrogen) atoms. The molecule has 3 nitrogen and oxygen atoms in total. The Hall–Kier alpha value is -0.840. The summed E-state index contributed by atoms with van der Waals surface area (Å²) in [5, 5.41) is 4.38. The SMILES string of the molecule is CC1CCCC(c2cncn2-c2ccc(Cl)c(Br)c2)N1. The van der Waals surface area contributed by atoms with Crippen LogP contribution in [0.1, 0.15) is 37.9 Å². The molecule has 1 aromatic carbocycles. The summed E-state index contributed by atoms with van der Waals surface area (Å²) in [7, 11) is 0. The molecule has 0 spiro atoms. The van der Waals surface area contributed by atoms with Gasteiger partial charge < -0.3 is 9.88 Å². The third-order valence-electron chi connectivity index (χ3n) is 3.82. The molecule has 0 aliphatic carbocycles. The molecule has 1 aliphatic heterocycles. The van der Waals surface area contributed by atoms with E-state index in [9.17, 15) is 0 Å². The third-order valence-corrected chi connectivity index (χ3v) is 5.04. The predicted octanol–water partition coefficient (Wildman–Crippen LogP) is 4.49. The Bertz CT molecular complexity index is 611. The standard InChI is InChI=1S/C15H17BrClN3/c1-10-3-2-4-14(19-10)15-8-18-9-20(15)11-5-6-13(17)12(16)7-11/h5-10,14,19H,2-4H2,1H3. The Kier molecular flexibility index (Phi) is 4.15. The molecule has 0 bridgehead atoms. The molecule has 2 unspecified atom stereocenters. The molecule has 0 radical (unpaired) electrons. The molecule has 106 valence electrons. The normalized spacial score (nSPS) is 22.9. The average molecular weight is 355 g/mol. The molecule has 1 N–H and O–H groups in total. The maximum absolute atomic E-state index is 6.07. The maximum Gasteiger partial charge on any atom is 0.0994 e. The van der Waals surface area contributed by atoms with Crippen LogP contribution in [0, 0.1) is 0 Å². The van der Waals surface area contributed by atoms with Crippen molar-refractivity contribution in [1.82, 2.24) is 14.9 Å². The van der Waals surface area contributed by atoms with Crippen LogP contribution < -0.4 is 5.32 Å². The van der Waals surface area contributed by atoms with Gasteiger partial charge in [-0.1, -0.05) is 11.6 Å². The predicted molar refractivity (Wildman–Crippen MR) is 85.5 cm³/mol. The van der Waals surface area contributed by atoms with Gasteiger partial charge in [0.15, 0.2) is 0 Å². The second-order valence-corrected chi connectivity index (χ2v) is 6.60. The number of nitrogens with zero attached hydrogens (tertiary/aromatic N) is 2. The first kappa shape index (κ1) is 14.1.